The van der Waals surface area contributed by atoms with Gasteiger partial charge in [-0.05, 0) is 30.4 Å². The number of rotatable bonds is 3. The number of hydrogen-bond donors (Lipinski definition) is 0. The van der Waals surface area contributed by atoms with E-state index >= 15 is 0 Å². The first-order valence-electron chi connectivity index (χ1n) is 6.86. The number of hydrogen-bond acceptors (Lipinski definition) is 4. The Bertz CT molecular complexity index is 592. The molecule has 2 aromatic heterocycles. The highest BCUT2D eigenvalue weighted by Gasteiger charge is 2.30. The molecule has 1 aliphatic heterocycles. The maximum absolute atomic E-state index is 12.6. The van der Waals surface area contributed by atoms with Crippen LogP contribution in [0.4, 0.5) is 0 Å². The maximum Gasteiger partial charge on any atom is 0.227 e. The summed E-state index contributed by atoms with van der Waals surface area (Å²) in [6, 6.07) is 2.32. The van der Waals surface area contributed by atoms with Crippen molar-refractivity contribution in [2.24, 2.45) is 5.92 Å². The van der Waals surface area contributed by atoms with Gasteiger partial charge in [-0.15, -0.1) is 11.3 Å². The van der Waals surface area contributed by atoms with Crippen LogP contribution < -0.4 is 0 Å². The minimum absolute atomic E-state index is 0.0839. The monoisotopic (exact) mass is 290 g/mol. The van der Waals surface area contributed by atoms with Crippen molar-refractivity contribution < 1.29 is 4.79 Å². The molecule has 2 aromatic rings. The van der Waals surface area contributed by atoms with E-state index in [0.29, 0.717) is 6.54 Å². The smallest absolute Gasteiger partial charge is 0.227 e. The first kappa shape index (κ1) is 13.3. The average Bonchev–Trinajstić information content (AvgIpc) is 3.09. The van der Waals surface area contributed by atoms with Crippen LogP contribution in [0.25, 0.3) is 0 Å². The van der Waals surface area contributed by atoms with Gasteiger partial charge in [0.15, 0.2) is 0 Å². The van der Waals surface area contributed by atoms with Crippen LogP contribution in [0.1, 0.15) is 30.3 Å². The fraction of sp³-hybridized carbons (Fsp3) is 0.500. The average molecular weight is 290 g/mol. The molecule has 0 N–H and O–H groups in total. The van der Waals surface area contributed by atoms with E-state index in [1.165, 1.54) is 16.8 Å². The van der Waals surface area contributed by atoms with Crippen molar-refractivity contribution in [3.05, 3.63) is 34.5 Å². The van der Waals surface area contributed by atoms with Gasteiger partial charge in [-0.3, -0.25) is 9.48 Å². The molecule has 0 radical (unpaired) electrons. The second kappa shape index (κ2) is 5.36. The Morgan fingerprint density at radius 1 is 1.60 bits per heavy atom. The number of fused-ring (bicyclic) bond motifs is 1. The predicted octanol–water partition coefficient (Wildman–Crippen LogP) is 2.12. The summed E-state index contributed by atoms with van der Waals surface area (Å²) in [5, 5.41) is 6.19. The molecule has 0 fully saturated rings. The van der Waals surface area contributed by atoms with Gasteiger partial charge in [0.05, 0.1) is 18.5 Å². The first-order valence-corrected chi connectivity index (χ1v) is 7.74. The van der Waals surface area contributed by atoms with Crippen LogP contribution >= 0.6 is 11.3 Å². The molecule has 3 heterocycles. The van der Waals surface area contributed by atoms with Crippen LogP contribution in [0.15, 0.2) is 24.1 Å². The Morgan fingerprint density at radius 3 is 3.20 bits per heavy atom. The van der Waals surface area contributed by atoms with Crippen molar-refractivity contribution in [3.8, 4) is 0 Å². The zero-order valence-electron chi connectivity index (χ0n) is 11.7. The minimum Gasteiger partial charge on any atom is -0.335 e. The molecule has 1 amide bonds. The molecule has 0 spiro atoms. The molecule has 3 rings (SSSR count). The number of aromatic nitrogens is 3. The number of nitrogens with zero attached hydrogens (tertiary/aromatic N) is 4. The van der Waals surface area contributed by atoms with E-state index in [1.54, 1.807) is 22.3 Å². The molecule has 5 nitrogen and oxygen atoms in total. The number of carbonyl (C=O) groups is 1. The highest BCUT2D eigenvalue weighted by Crippen LogP contribution is 2.33. The molecule has 0 saturated carbocycles. The quantitative estimate of drug-likeness (QED) is 0.870. The molecule has 0 bridgehead atoms. The molecule has 0 aromatic carbocycles. The van der Waals surface area contributed by atoms with Crippen LogP contribution in [0, 0.1) is 5.92 Å². The molecule has 20 heavy (non-hydrogen) atoms. The zero-order valence-corrected chi connectivity index (χ0v) is 12.5. The van der Waals surface area contributed by atoms with Gasteiger partial charge >= 0.3 is 0 Å². The lowest BCUT2D eigenvalue weighted by atomic mass is 9.99. The van der Waals surface area contributed by atoms with Gasteiger partial charge in [0.25, 0.3) is 0 Å². The van der Waals surface area contributed by atoms with E-state index < -0.39 is 0 Å². The van der Waals surface area contributed by atoms with E-state index in [1.807, 2.05) is 11.8 Å². The molecule has 6 heteroatoms. The van der Waals surface area contributed by atoms with E-state index in [4.69, 9.17) is 0 Å². The van der Waals surface area contributed by atoms with E-state index in [0.717, 1.165) is 13.0 Å². The van der Waals surface area contributed by atoms with Crippen molar-refractivity contribution in [1.29, 1.82) is 0 Å². The summed E-state index contributed by atoms with van der Waals surface area (Å²) in [6.45, 7) is 5.47. The van der Waals surface area contributed by atoms with Crippen molar-refractivity contribution >= 4 is 17.2 Å². The van der Waals surface area contributed by atoms with Crippen molar-refractivity contribution in [3.63, 3.8) is 0 Å². The predicted molar refractivity (Wildman–Crippen MR) is 77.3 cm³/mol. The summed E-state index contributed by atoms with van der Waals surface area (Å²) in [6.07, 6.45) is 4.12. The SMILES string of the molecule is CC(Cn1cncn1)C(=O)N1CCc2sccc2C1C. The van der Waals surface area contributed by atoms with Gasteiger partial charge in [-0.1, -0.05) is 6.92 Å². The minimum atomic E-state index is -0.0839. The Morgan fingerprint density at radius 2 is 2.45 bits per heavy atom. The summed E-state index contributed by atoms with van der Waals surface area (Å²) in [5.41, 5.74) is 1.31. The Labute approximate surface area is 122 Å². The largest absolute Gasteiger partial charge is 0.335 e. The number of carbonyl (C=O) groups excluding carboxylic acids is 1. The fourth-order valence-corrected chi connectivity index (χ4v) is 3.74. The van der Waals surface area contributed by atoms with Crippen molar-refractivity contribution in [2.45, 2.75) is 32.9 Å². The second-order valence-corrected chi connectivity index (χ2v) is 6.28. The highest BCUT2D eigenvalue weighted by atomic mass is 32.1. The van der Waals surface area contributed by atoms with E-state index in [-0.39, 0.29) is 17.9 Å². The Hall–Kier alpha value is -1.69. The topological polar surface area (TPSA) is 51.0 Å². The van der Waals surface area contributed by atoms with Crippen LogP contribution in [0.2, 0.25) is 0 Å². The molecule has 0 saturated heterocycles. The van der Waals surface area contributed by atoms with Gasteiger partial charge in [0.2, 0.25) is 5.91 Å². The Balaban J connectivity index is 1.71. The third kappa shape index (κ3) is 2.35. The van der Waals surface area contributed by atoms with E-state index in [9.17, 15) is 4.79 Å². The van der Waals surface area contributed by atoms with Gasteiger partial charge in [0.1, 0.15) is 12.7 Å². The normalized spacial score (nSPS) is 19.7. The van der Waals surface area contributed by atoms with Crippen molar-refractivity contribution in [2.75, 3.05) is 6.54 Å². The summed E-state index contributed by atoms with van der Waals surface area (Å²) in [7, 11) is 0. The molecular weight excluding hydrogens is 272 g/mol. The first-order chi connectivity index (χ1) is 9.66. The van der Waals surface area contributed by atoms with Crippen LogP contribution in [0.3, 0.4) is 0 Å². The summed E-state index contributed by atoms with van der Waals surface area (Å²) < 4.78 is 1.72. The lowest BCUT2D eigenvalue weighted by Crippen LogP contribution is -2.42. The summed E-state index contributed by atoms with van der Waals surface area (Å²) in [5.74, 6) is 0.115. The molecular formula is C14H18N4OS. The summed E-state index contributed by atoms with van der Waals surface area (Å²) in [4.78, 5) is 20.0. The Kier molecular flexibility index (Phi) is 3.56. The molecule has 0 aliphatic carbocycles. The highest BCUT2D eigenvalue weighted by molar-refractivity contribution is 7.10. The molecule has 1 aliphatic rings. The number of amides is 1. The van der Waals surface area contributed by atoms with Gasteiger partial charge in [-0.2, -0.15) is 5.10 Å². The lowest BCUT2D eigenvalue weighted by molar-refractivity contribution is -0.138. The van der Waals surface area contributed by atoms with Gasteiger partial charge in [-0.25, -0.2) is 4.98 Å². The van der Waals surface area contributed by atoms with E-state index in [2.05, 4.69) is 28.5 Å². The van der Waals surface area contributed by atoms with Gasteiger partial charge < -0.3 is 4.90 Å². The van der Waals surface area contributed by atoms with Crippen LogP contribution in [-0.4, -0.2) is 32.1 Å². The molecule has 106 valence electrons. The van der Waals surface area contributed by atoms with Crippen LogP contribution in [0.5, 0.6) is 0 Å². The summed E-state index contributed by atoms with van der Waals surface area (Å²) >= 11 is 1.79. The van der Waals surface area contributed by atoms with Gasteiger partial charge in [0, 0.05) is 11.4 Å². The lowest BCUT2D eigenvalue weighted by Gasteiger charge is -2.35. The second-order valence-electron chi connectivity index (χ2n) is 5.28. The molecule has 2 unspecified atom stereocenters. The maximum atomic E-state index is 12.6. The zero-order chi connectivity index (χ0) is 14.1. The fourth-order valence-electron chi connectivity index (χ4n) is 2.78. The van der Waals surface area contributed by atoms with Crippen LogP contribution in [-0.2, 0) is 17.8 Å². The van der Waals surface area contributed by atoms with Crippen molar-refractivity contribution in [1.82, 2.24) is 19.7 Å². The standard InChI is InChI=1S/C14H18N4OS/c1-10(7-17-9-15-8-16-17)14(19)18-5-3-13-12(11(18)2)4-6-20-13/h4,6,8-11H,3,5,7H2,1-2H3. The number of thiophene rings is 1. The third-order valence-electron chi connectivity index (χ3n) is 3.91. The molecule has 2 atom stereocenters. The third-order valence-corrected chi connectivity index (χ3v) is 4.91.